The number of hydrogen-bond donors (Lipinski definition) is 1. The van der Waals surface area contributed by atoms with Gasteiger partial charge in [0.15, 0.2) is 0 Å². The molecule has 20 heavy (non-hydrogen) atoms. The number of rotatable bonds is 7. The molecule has 0 radical (unpaired) electrons. The van der Waals surface area contributed by atoms with Gasteiger partial charge in [0.1, 0.15) is 0 Å². The van der Waals surface area contributed by atoms with Gasteiger partial charge in [-0.2, -0.15) is 0 Å². The Morgan fingerprint density at radius 2 is 1.45 bits per heavy atom. The van der Waals surface area contributed by atoms with Crippen LogP contribution in [-0.2, 0) is 6.54 Å². The second kappa shape index (κ2) is 9.57. The Morgan fingerprint density at radius 3 is 2.10 bits per heavy atom. The van der Waals surface area contributed by atoms with Crippen LogP contribution in [0.3, 0.4) is 0 Å². The Kier molecular flexibility index (Phi) is 8.01. The molecule has 0 saturated heterocycles. The summed E-state index contributed by atoms with van der Waals surface area (Å²) in [5.41, 5.74) is 3.93. The van der Waals surface area contributed by atoms with E-state index in [2.05, 4.69) is 66.8 Å². The van der Waals surface area contributed by atoms with E-state index in [9.17, 15) is 0 Å². The molecular weight excluding hydrogens is 266 g/mol. The summed E-state index contributed by atoms with van der Waals surface area (Å²) in [6.07, 6.45) is 3.88. The highest BCUT2D eigenvalue weighted by Crippen LogP contribution is 2.19. The maximum absolute atomic E-state index is 3.50. The van der Waals surface area contributed by atoms with Crippen LogP contribution in [-0.4, -0.2) is 6.54 Å². The molecular formula is C18H24ClN. The van der Waals surface area contributed by atoms with Gasteiger partial charge in [-0.15, -0.1) is 12.4 Å². The molecule has 0 aliphatic carbocycles. The minimum Gasteiger partial charge on any atom is -0.313 e. The minimum absolute atomic E-state index is 0. The van der Waals surface area contributed by atoms with Crippen LogP contribution >= 0.6 is 12.4 Å². The molecule has 0 unspecified atom stereocenters. The molecule has 2 heteroatoms. The molecule has 2 rings (SSSR count). The zero-order valence-electron chi connectivity index (χ0n) is 12.1. The van der Waals surface area contributed by atoms with Gasteiger partial charge < -0.3 is 5.32 Å². The molecule has 2 aromatic carbocycles. The third-order valence-electron chi connectivity index (χ3n) is 3.35. The van der Waals surface area contributed by atoms with E-state index >= 15 is 0 Å². The van der Waals surface area contributed by atoms with Crippen LogP contribution in [0, 0.1) is 0 Å². The summed E-state index contributed by atoms with van der Waals surface area (Å²) < 4.78 is 0. The van der Waals surface area contributed by atoms with Crippen molar-refractivity contribution in [1.29, 1.82) is 0 Å². The highest BCUT2D eigenvalue weighted by Gasteiger charge is 1.97. The third-order valence-corrected chi connectivity index (χ3v) is 3.35. The van der Waals surface area contributed by atoms with E-state index in [1.54, 1.807) is 0 Å². The lowest BCUT2D eigenvalue weighted by atomic mass is 10.0. The van der Waals surface area contributed by atoms with Gasteiger partial charge in [0.2, 0.25) is 0 Å². The SMILES string of the molecule is CCCCCNCc1ccc(-c2ccccc2)cc1.Cl. The third kappa shape index (κ3) is 5.36. The average molecular weight is 290 g/mol. The first kappa shape index (κ1) is 16.7. The van der Waals surface area contributed by atoms with Gasteiger partial charge >= 0.3 is 0 Å². The van der Waals surface area contributed by atoms with Crippen LogP contribution in [0.15, 0.2) is 54.6 Å². The fourth-order valence-electron chi connectivity index (χ4n) is 2.18. The normalized spacial score (nSPS) is 10.1. The standard InChI is InChI=1S/C18H23N.ClH/c1-2-3-7-14-19-15-16-10-12-18(13-11-16)17-8-5-4-6-9-17;/h4-6,8-13,19H,2-3,7,14-15H2,1H3;1H. The van der Waals surface area contributed by atoms with E-state index in [-0.39, 0.29) is 12.4 Å². The topological polar surface area (TPSA) is 12.0 Å². The molecule has 0 spiro atoms. The minimum atomic E-state index is 0. The van der Waals surface area contributed by atoms with Gasteiger partial charge in [-0.25, -0.2) is 0 Å². The highest BCUT2D eigenvalue weighted by atomic mass is 35.5. The Morgan fingerprint density at radius 1 is 0.800 bits per heavy atom. The number of benzene rings is 2. The van der Waals surface area contributed by atoms with E-state index in [0.29, 0.717) is 0 Å². The molecule has 0 fully saturated rings. The Bertz CT molecular complexity index is 465. The van der Waals surface area contributed by atoms with Gasteiger partial charge in [0, 0.05) is 6.54 Å². The Balaban J connectivity index is 0.00000200. The van der Waals surface area contributed by atoms with Crippen LogP contribution in [0.5, 0.6) is 0 Å². The average Bonchev–Trinajstić information content (AvgIpc) is 2.49. The van der Waals surface area contributed by atoms with Crippen LogP contribution in [0.2, 0.25) is 0 Å². The molecule has 0 saturated carbocycles. The second-order valence-electron chi connectivity index (χ2n) is 4.95. The lowest BCUT2D eigenvalue weighted by molar-refractivity contribution is 0.617. The molecule has 2 aromatic rings. The first-order valence-electron chi connectivity index (χ1n) is 7.25. The predicted molar refractivity (Wildman–Crippen MR) is 90.4 cm³/mol. The molecule has 0 aliphatic rings. The zero-order chi connectivity index (χ0) is 13.3. The van der Waals surface area contributed by atoms with Crippen molar-refractivity contribution in [1.82, 2.24) is 5.32 Å². The monoisotopic (exact) mass is 289 g/mol. The van der Waals surface area contributed by atoms with Crippen LogP contribution in [0.1, 0.15) is 31.7 Å². The lowest BCUT2D eigenvalue weighted by Gasteiger charge is -2.06. The first-order valence-corrected chi connectivity index (χ1v) is 7.25. The Labute approximate surface area is 128 Å². The van der Waals surface area contributed by atoms with Gasteiger partial charge in [-0.05, 0) is 29.7 Å². The van der Waals surface area contributed by atoms with E-state index in [1.165, 1.54) is 36.0 Å². The van der Waals surface area contributed by atoms with Gasteiger partial charge in [-0.1, -0.05) is 74.4 Å². The van der Waals surface area contributed by atoms with Crippen molar-refractivity contribution in [3.8, 4) is 11.1 Å². The Hall–Kier alpha value is -1.31. The summed E-state index contributed by atoms with van der Waals surface area (Å²) in [7, 11) is 0. The molecule has 0 heterocycles. The van der Waals surface area contributed by atoms with Crippen molar-refractivity contribution in [3.05, 3.63) is 60.2 Å². The van der Waals surface area contributed by atoms with Crippen molar-refractivity contribution in [2.24, 2.45) is 0 Å². The van der Waals surface area contributed by atoms with Crippen molar-refractivity contribution >= 4 is 12.4 Å². The number of hydrogen-bond acceptors (Lipinski definition) is 1. The summed E-state index contributed by atoms with van der Waals surface area (Å²) in [5, 5.41) is 3.50. The molecule has 0 bridgehead atoms. The van der Waals surface area contributed by atoms with E-state index in [4.69, 9.17) is 0 Å². The molecule has 0 amide bonds. The van der Waals surface area contributed by atoms with Gasteiger partial charge in [-0.3, -0.25) is 0 Å². The fraction of sp³-hybridized carbons (Fsp3) is 0.333. The fourth-order valence-corrected chi connectivity index (χ4v) is 2.18. The maximum Gasteiger partial charge on any atom is 0.0205 e. The molecule has 0 aliphatic heterocycles. The molecule has 0 aromatic heterocycles. The summed E-state index contributed by atoms with van der Waals surface area (Å²) >= 11 is 0. The van der Waals surface area contributed by atoms with Gasteiger partial charge in [0.25, 0.3) is 0 Å². The summed E-state index contributed by atoms with van der Waals surface area (Å²) in [6.45, 7) is 4.33. The number of unbranched alkanes of at least 4 members (excludes halogenated alkanes) is 2. The van der Waals surface area contributed by atoms with Crippen LogP contribution < -0.4 is 5.32 Å². The van der Waals surface area contributed by atoms with Crippen molar-refractivity contribution in [2.75, 3.05) is 6.54 Å². The quantitative estimate of drug-likeness (QED) is 0.703. The van der Waals surface area contributed by atoms with E-state index in [0.717, 1.165) is 13.1 Å². The predicted octanol–water partition coefficient (Wildman–Crippen LogP) is 5.06. The zero-order valence-corrected chi connectivity index (χ0v) is 13.0. The molecule has 0 atom stereocenters. The summed E-state index contributed by atoms with van der Waals surface area (Å²) in [5.74, 6) is 0. The van der Waals surface area contributed by atoms with E-state index < -0.39 is 0 Å². The van der Waals surface area contributed by atoms with Crippen molar-refractivity contribution < 1.29 is 0 Å². The summed E-state index contributed by atoms with van der Waals surface area (Å²) in [4.78, 5) is 0. The molecule has 1 nitrogen and oxygen atoms in total. The molecule has 108 valence electrons. The van der Waals surface area contributed by atoms with Crippen LogP contribution in [0.25, 0.3) is 11.1 Å². The van der Waals surface area contributed by atoms with E-state index in [1.807, 2.05) is 0 Å². The molecule has 1 N–H and O–H groups in total. The number of nitrogens with one attached hydrogen (secondary N) is 1. The maximum atomic E-state index is 3.50. The van der Waals surface area contributed by atoms with Crippen molar-refractivity contribution in [2.45, 2.75) is 32.7 Å². The highest BCUT2D eigenvalue weighted by molar-refractivity contribution is 5.85. The van der Waals surface area contributed by atoms with Crippen molar-refractivity contribution in [3.63, 3.8) is 0 Å². The number of halogens is 1. The smallest absolute Gasteiger partial charge is 0.0205 e. The largest absolute Gasteiger partial charge is 0.313 e. The second-order valence-corrected chi connectivity index (χ2v) is 4.95. The summed E-state index contributed by atoms with van der Waals surface area (Å²) in [6, 6.07) is 19.4. The first-order chi connectivity index (χ1) is 9.40. The van der Waals surface area contributed by atoms with Gasteiger partial charge in [0.05, 0.1) is 0 Å². The van der Waals surface area contributed by atoms with Crippen LogP contribution in [0.4, 0.5) is 0 Å². The lowest BCUT2D eigenvalue weighted by Crippen LogP contribution is -2.14.